The molecule has 0 spiro atoms. The van der Waals surface area contributed by atoms with Crippen LogP contribution in [0.5, 0.6) is 11.5 Å². The fourth-order valence-electron chi connectivity index (χ4n) is 4.87. The van der Waals surface area contributed by atoms with Gasteiger partial charge in [0.1, 0.15) is 0 Å². The molecule has 5 heteroatoms. The molecule has 1 saturated carbocycles. The minimum Gasteiger partial charge on any atom is -0.490 e. The molecule has 1 aromatic carbocycles. The van der Waals surface area contributed by atoms with Crippen molar-refractivity contribution in [2.45, 2.75) is 64.8 Å². The molecule has 2 aliphatic carbocycles. The average Bonchev–Trinajstić information content (AvgIpc) is 2.76. The monoisotopic (exact) mass is 396 g/mol. The molecular weight excluding hydrogens is 364 g/mol. The zero-order valence-electron chi connectivity index (χ0n) is 17.6. The molecule has 1 aromatic rings. The summed E-state index contributed by atoms with van der Waals surface area (Å²) in [7, 11) is 0. The lowest BCUT2D eigenvalue weighted by Crippen LogP contribution is -2.49. The first kappa shape index (κ1) is 20.0. The van der Waals surface area contributed by atoms with Crippen molar-refractivity contribution in [1.82, 2.24) is 5.01 Å². The summed E-state index contributed by atoms with van der Waals surface area (Å²) in [6.07, 6.45) is 11.8. The number of hydrogen-bond donors (Lipinski definition) is 0. The molecule has 0 bridgehead atoms. The van der Waals surface area contributed by atoms with Crippen LogP contribution in [0.3, 0.4) is 0 Å². The van der Waals surface area contributed by atoms with Gasteiger partial charge in [0.2, 0.25) is 5.91 Å². The van der Waals surface area contributed by atoms with E-state index in [1.807, 2.05) is 31.0 Å². The molecule has 0 radical (unpaired) electrons. The first-order chi connectivity index (χ1) is 14.2. The smallest absolute Gasteiger partial charge is 0.247 e. The topological polar surface area (TPSA) is 51.1 Å². The van der Waals surface area contributed by atoms with Gasteiger partial charge in [0.05, 0.1) is 30.9 Å². The Labute approximate surface area is 173 Å². The highest BCUT2D eigenvalue weighted by atomic mass is 16.5. The third kappa shape index (κ3) is 4.05. The molecule has 4 rings (SSSR count). The Morgan fingerprint density at radius 2 is 1.66 bits per heavy atom. The lowest BCUT2D eigenvalue weighted by molar-refractivity contribution is -0.141. The summed E-state index contributed by atoms with van der Waals surface area (Å²) < 4.78 is 11.6. The van der Waals surface area contributed by atoms with Crippen molar-refractivity contribution in [1.29, 1.82) is 0 Å². The van der Waals surface area contributed by atoms with Crippen molar-refractivity contribution < 1.29 is 14.3 Å². The maximum absolute atomic E-state index is 13.3. The second-order valence-corrected chi connectivity index (χ2v) is 8.14. The molecule has 0 unspecified atom stereocenters. The molecular formula is C24H32N2O3. The number of allylic oxidation sites excluding steroid dienone is 2. The van der Waals surface area contributed by atoms with Crippen molar-refractivity contribution in [2.24, 2.45) is 16.9 Å². The standard InChI is InChI=1S/C24H32N2O3/c1-3-28-21-15-14-17(16-22(21)29-4-2)23-19-12-8-9-13-20(19)24(27)26(25-23)18-10-6-5-7-11-18/h8-9,14-16,18-20H,3-7,10-13H2,1-2H3/t19-,20+/m0/s1. The molecule has 0 aromatic heterocycles. The van der Waals surface area contributed by atoms with Gasteiger partial charge in [-0.3, -0.25) is 4.79 Å². The number of hydrazone groups is 1. The second kappa shape index (κ2) is 9.02. The van der Waals surface area contributed by atoms with Gasteiger partial charge >= 0.3 is 0 Å². The largest absolute Gasteiger partial charge is 0.490 e. The Hall–Kier alpha value is -2.30. The maximum atomic E-state index is 13.3. The number of rotatable bonds is 6. The zero-order chi connectivity index (χ0) is 20.2. The van der Waals surface area contributed by atoms with Crippen LogP contribution in [0.15, 0.2) is 35.5 Å². The molecule has 29 heavy (non-hydrogen) atoms. The van der Waals surface area contributed by atoms with Gasteiger partial charge < -0.3 is 9.47 Å². The number of carbonyl (C=O) groups excluding carboxylic acids is 1. The molecule has 1 aliphatic heterocycles. The summed E-state index contributed by atoms with van der Waals surface area (Å²) in [5, 5.41) is 6.83. The van der Waals surface area contributed by atoms with Gasteiger partial charge in [-0.15, -0.1) is 0 Å². The number of nitrogens with zero attached hydrogens (tertiary/aromatic N) is 2. The van der Waals surface area contributed by atoms with Crippen LogP contribution in [0.1, 0.15) is 64.4 Å². The van der Waals surface area contributed by atoms with E-state index in [4.69, 9.17) is 14.6 Å². The number of amides is 1. The van der Waals surface area contributed by atoms with Crippen LogP contribution < -0.4 is 9.47 Å². The predicted octanol–water partition coefficient (Wildman–Crippen LogP) is 4.95. The summed E-state index contributed by atoms with van der Waals surface area (Å²) >= 11 is 0. The normalized spacial score (nSPS) is 24.8. The maximum Gasteiger partial charge on any atom is 0.247 e. The molecule has 5 nitrogen and oxygen atoms in total. The Bertz CT molecular complexity index is 795. The van der Waals surface area contributed by atoms with Crippen molar-refractivity contribution in [2.75, 3.05) is 13.2 Å². The van der Waals surface area contributed by atoms with Crippen molar-refractivity contribution >= 4 is 11.6 Å². The molecule has 2 atom stereocenters. The summed E-state index contributed by atoms with van der Waals surface area (Å²) in [5.41, 5.74) is 2.06. The van der Waals surface area contributed by atoms with Crippen LogP contribution in [-0.4, -0.2) is 35.9 Å². The van der Waals surface area contributed by atoms with Crippen molar-refractivity contribution in [3.05, 3.63) is 35.9 Å². The summed E-state index contributed by atoms with van der Waals surface area (Å²) in [5.74, 6) is 1.86. The van der Waals surface area contributed by atoms with Crippen LogP contribution in [0, 0.1) is 11.8 Å². The third-order valence-electron chi connectivity index (χ3n) is 6.30. The summed E-state index contributed by atoms with van der Waals surface area (Å²) in [6.45, 7) is 5.13. The van der Waals surface area contributed by atoms with Crippen molar-refractivity contribution in [3.8, 4) is 11.5 Å². The number of ether oxygens (including phenoxy) is 2. The van der Waals surface area contributed by atoms with E-state index < -0.39 is 0 Å². The fraction of sp³-hybridized carbons (Fsp3) is 0.583. The van der Waals surface area contributed by atoms with Gasteiger partial charge in [-0.25, -0.2) is 5.01 Å². The minimum atomic E-state index is -0.00321. The van der Waals surface area contributed by atoms with Crippen LogP contribution in [-0.2, 0) is 4.79 Å². The van der Waals surface area contributed by atoms with E-state index in [1.165, 1.54) is 19.3 Å². The molecule has 3 aliphatic rings. The van der Waals surface area contributed by atoms with Gasteiger partial charge in [0, 0.05) is 11.5 Å². The van der Waals surface area contributed by atoms with E-state index in [2.05, 4.69) is 18.2 Å². The Balaban J connectivity index is 1.73. The molecule has 1 amide bonds. The fourth-order valence-corrected chi connectivity index (χ4v) is 4.87. The first-order valence-corrected chi connectivity index (χ1v) is 11.2. The number of hydrogen-bond acceptors (Lipinski definition) is 4. The van der Waals surface area contributed by atoms with Crippen LogP contribution in [0.4, 0.5) is 0 Å². The van der Waals surface area contributed by atoms with E-state index in [1.54, 1.807) is 0 Å². The van der Waals surface area contributed by atoms with Crippen LogP contribution in [0.25, 0.3) is 0 Å². The number of fused-ring (bicyclic) bond motifs is 1. The molecule has 0 saturated heterocycles. The highest BCUT2D eigenvalue weighted by molar-refractivity contribution is 6.07. The first-order valence-electron chi connectivity index (χ1n) is 11.2. The van der Waals surface area contributed by atoms with E-state index in [9.17, 15) is 4.79 Å². The Kier molecular flexibility index (Phi) is 6.22. The van der Waals surface area contributed by atoms with Gasteiger partial charge in [-0.2, -0.15) is 5.10 Å². The molecule has 1 fully saturated rings. The van der Waals surface area contributed by atoms with E-state index >= 15 is 0 Å². The lowest BCUT2D eigenvalue weighted by atomic mass is 9.76. The predicted molar refractivity (Wildman–Crippen MR) is 114 cm³/mol. The van der Waals surface area contributed by atoms with Gasteiger partial charge in [-0.1, -0.05) is 31.4 Å². The highest BCUT2D eigenvalue weighted by Crippen LogP contribution is 2.39. The molecule has 1 heterocycles. The summed E-state index contributed by atoms with van der Waals surface area (Å²) in [6, 6.07) is 6.32. The quantitative estimate of drug-likeness (QED) is 0.640. The third-order valence-corrected chi connectivity index (χ3v) is 6.30. The second-order valence-electron chi connectivity index (χ2n) is 8.14. The molecule has 0 N–H and O–H groups in total. The van der Waals surface area contributed by atoms with Crippen molar-refractivity contribution in [3.63, 3.8) is 0 Å². The number of carbonyl (C=O) groups is 1. The van der Waals surface area contributed by atoms with Gasteiger partial charge in [0.15, 0.2) is 11.5 Å². The Morgan fingerprint density at radius 3 is 2.38 bits per heavy atom. The van der Waals surface area contributed by atoms with E-state index in [0.717, 1.165) is 48.5 Å². The minimum absolute atomic E-state index is 0.00321. The lowest BCUT2D eigenvalue weighted by Gasteiger charge is -2.41. The zero-order valence-corrected chi connectivity index (χ0v) is 17.6. The number of benzene rings is 1. The van der Waals surface area contributed by atoms with Gasteiger partial charge in [-0.05, 0) is 57.7 Å². The summed E-state index contributed by atoms with van der Waals surface area (Å²) in [4.78, 5) is 13.3. The average molecular weight is 397 g/mol. The van der Waals surface area contributed by atoms with E-state index in [-0.39, 0.29) is 23.8 Å². The SMILES string of the molecule is CCOc1ccc(C2=NN(C3CCCCC3)C(=O)[C@@H]3CC=CC[C@H]23)cc1OCC. The van der Waals surface area contributed by atoms with Gasteiger partial charge in [0.25, 0.3) is 0 Å². The van der Waals surface area contributed by atoms with Crippen LogP contribution >= 0.6 is 0 Å². The van der Waals surface area contributed by atoms with E-state index in [0.29, 0.717) is 13.2 Å². The Morgan fingerprint density at radius 1 is 0.966 bits per heavy atom. The van der Waals surface area contributed by atoms with Crippen LogP contribution in [0.2, 0.25) is 0 Å². The highest BCUT2D eigenvalue weighted by Gasteiger charge is 2.42. The molecule has 156 valence electrons.